The zero-order valence-electron chi connectivity index (χ0n) is 10.1. The molecule has 1 saturated heterocycles. The highest BCUT2D eigenvalue weighted by atomic mass is 16.6. The molecular weight excluding hydrogens is 220 g/mol. The van der Waals surface area contributed by atoms with E-state index in [1.165, 1.54) is 0 Å². The summed E-state index contributed by atoms with van der Waals surface area (Å²) in [5.74, 6) is 5.63. The first kappa shape index (κ1) is 12.5. The van der Waals surface area contributed by atoms with Gasteiger partial charge in [-0.2, -0.15) is 5.10 Å². The van der Waals surface area contributed by atoms with Crippen molar-refractivity contribution in [3.63, 3.8) is 0 Å². The van der Waals surface area contributed by atoms with Gasteiger partial charge in [-0.25, -0.2) is 5.43 Å². The first-order valence-corrected chi connectivity index (χ1v) is 6.04. The van der Waals surface area contributed by atoms with Gasteiger partial charge in [-0.05, 0) is 12.5 Å². The van der Waals surface area contributed by atoms with Gasteiger partial charge < -0.3 is 9.47 Å². The first-order valence-electron chi connectivity index (χ1n) is 6.04. The molecule has 96 valence electrons. The molecule has 2 heterocycles. The predicted molar refractivity (Wildman–Crippen MR) is 63.1 cm³/mol. The quantitative estimate of drug-likeness (QED) is 0.568. The second-order valence-corrected chi connectivity index (χ2v) is 4.11. The average molecular weight is 240 g/mol. The molecule has 1 aromatic rings. The van der Waals surface area contributed by atoms with E-state index in [2.05, 4.69) is 17.4 Å². The number of hydrogen-bond acceptors (Lipinski definition) is 5. The van der Waals surface area contributed by atoms with Crippen LogP contribution in [0.25, 0.3) is 0 Å². The molecule has 0 spiro atoms. The summed E-state index contributed by atoms with van der Waals surface area (Å²) in [6.45, 7) is 4.84. The Balaban J connectivity index is 2.12. The van der Waals surface area contributed by atoms with Gasteiger partial charge in [0, 0.05) is 12.7 Å². The third kappa shape index (κ3) is 2.84. The van der Waals surface area contributed by atoms with Gasteiger partial charge in [-0.15, -0.1) is 0 Å². The molecule has 2 unspecified atom stereocenters. The summed E-state index contributed by atoms with van der Waals surface area (Å²) in [5, 5.41) is 4.29. The molecule has 3 N–H and O–H groups in total. The zero-order chi connectivity index (χ0) is 12.1. The molecule has 0 bridgehead atoms. The first-order chi connectivity index (χ1) is 8.36. The summed E-state index contributed by atoms with van der Waals surface area (Å²) in [7, 11) is 0. The highest BCUT2D eigenvalue weighted by Gasteiger charge is 2.28. The Labute approximate surface area is 101 Å². The van der Waals surface area contributed by atoms with Crippen LogP contribution in [0.15, 0.2) is 12.3 Å². The van der Waals surface area contributed by atoms with Crippen LogP contribution in [0.1, 0.15) is 25.1 Å². The van der Waals surface area contributed by atoms with E-state index in [1.807, 2.05) is 10.7 Å². The topological polar surface area (TPSA) is 74.3 Å². The van der Waals surface area contributed by atoms with Crippen molar-refractivity contribution in [1.29, 1.82) is 0 Å². The van der Waals surface area contributed by atoms with Gasteiger partial charge in [0.25, 0.3) is 0 Å². The molecule has 0 amide bonds. The second kappa shape index (κ2) is 6.11. The van der Waals surface area contributed by atoms with E-state index < -0.39 is 0 Å². The third-order valence-electron chi connectivity index (χ3n) is 2.90. The van der Waals surface area contributed by atoms with Crippen LogP contribution in [-0.4, -0.2) is 35.7 Å². The third-order valence-corrected chi connectivity index (χ3v) is 2.90. The van der Waals surface area contributed by atoms with Crippen LogP contribution >= 0.6 is 0 Å². The van der Waals surface area contributed by atoms with E-state index in [9.17, 15) is 0 Å². The number of hydrogen-bond donors (Lipinski definition) is 2. The number of rotatable bonds is 5. The Morgan fingerprint density at radius 2 is 2.53 bits per heavy atom. The molecule has 0 aromatic carbocycles. The standard InChI is InChI=1S/C11H20N4O2/c1-2-5-15-9(3-4-13-15)11(14-12)10-8-16-6-7-17-10/h3-4,10-11,14H,2,5-8,12H2,1H3. The van der Waals surface area contributed by atoms with Crippen LogP contribution in [0.5, 0.6) is 0 Å². The van der Waals surface area contributed by atoms with Gasteiger partial charge in [-0.3, -0.25) is 10.5 Å². The SMILES string of the molecule is CCCn1nccc1C(NN)C1COCCO1. The van der Waals surface area contributed by atoms with Gasteiger partial charge in [-0.1, -0.05) is 6.92 Å². The highest BCUT2D eigenvalue weighted by Crippen LogP contribution is 2.20. The molecule has 0 radical (unpaired) electrons. The lowest BCUT2D eigenvalue weighted by molar-refractivity contribution is -0.103. The number of aromatic nitrogens is 2. The van der Waals surface area contributed by atoms with E-state index >= 15 is 0 Å². The molecule has 2 atom stereocenters. The van der Waals surface area contributed by atoms with Gasteiger partial charge in [0.1, 0.15) is 6.10 Å². The Morgan fingerprint density at radius 1 is 1.65 bits per heavy atom. The number of nitrogens with one attached hydrogen (secondary N) is 1. The summed E-state index contributed by atoms with van der Waals surface area (Å²) in [5.41, 5.74) is 3.85. The minimum Gasteiger partial charge on any atom is -0.376 e. The molecule has 6 heteroatoms. The molecule has 6 nitrogen and oxygen atoms in total. The van der Waals surface area contributed by atoms with Crippen LogP contribution in [0, 0.1) is 0 Å². The second-order valence-electron chi connectivity index (χ2n) is 4.11. The number of nitrogens with two attached hydrogens (primary N) is 1. The van der Waals surface area contributed by atoms with Crippen molar-refractivity contribution >= 4 is 0 Å². The summed E-state index contributed by atoms with van der Waals surface area (Å²) in [6.07, 6.45) is 2.77. The minimum atomic E-state index is -0.0793. The molecule has 1 aliphatic heterocycles. The van der Waals surface area contributed by atoms with E-state index in [0.29, 0.717) is 19.8 Å². The Bertz CT molecular complexity index is 336. The average Bonchev–Trinajstić information content (AvgIpc) is 2.81. The molecular formula is C11H20N4O2. The highest BCUT2D eigenvalue weighted by molar-refractivity contribution is 5.09. The summed E-state index contributed by atoms with van der Waals surface area (Å²) >= 11 is 0. The van der Waals surface area contributed by atoms with Gasteiger partial charge in [0.2, 0.25) is 0 Å². The molecule has 1 fully saturated rings. The van der Waals surface area contributed by atoms with Crippen molar-refractivity contribution < 1.29 is 9.47 Å². The van der Waals surface area contributed by atoms with Gasteiger partial charge >= 0.3 is 0 Å². The number of aryl methyl sites for hydroxylation is 1. The maximum absolute atomic E-state index is 5.68. The van der Waals surface area contributed by atoms with Crippen molar-refractivity contribution in [2.45, 2.75) is 32.0 Å². The van der Waals surface area contributed by atoms with Crippen molar-refractivity contribution in [3.8, 4) is 0 Å². The van der Waals surface area contributed by atoms with E-state index in [4.69, 9.17) is 15.3 Å². The monoisotopic (exact) mass is 240 g/mol. The fourth-order valence-corrected chi connectivity index (χ4v) is 2.09. The largest absolute Gasteiger partial charge is 0.376 e. The normalized spacial score (nSPS) is 22.6. The Morgan fingerprint density at radius 3 is 3.18 bits per heavy atom. The van der Waals surface area contributed by atoms with Crippen LogP contribution in [0.4, 0.5) is 0 Å². The lowest BCUT2D eigenvalue weighted by Gasteiger charge is -2.30. The van der Waals surface area contributed by atoms with E-state index in [-0.39, 0.29) is 12.1 Å². The Kier molecular flexibility index (Phi) is 4.49. The fourth-order valence-electron chi connectivity index (χ4n) is 2.09. The number of nitrogens with zero attached hydrogens (tertiary/aromatic N) is 2. The Hall–Kier alpha value is -0.950. The fraction of sp³-hybridized carbons (Fsp3) is 0.727. The molecule has 0 aliphatic carbocycles. The van der Waals surface area contributed by atoms with Crippen molar-refractivity contribution in [2.75, 3.05) is 19.8 Å². The van der Waals surface area contributed by atoms with E-state index in [0.717, 1.165) is 18.7 Å². The van der Waals surface area contributed by atoms with Crippen molar-refractivity contribution in [2.24, 2.45) is 5.84 Å². The number of ether oxygens (including phenoxy) is 2. The van der Waals surface area contributed by atoms with Crippen LogP contribution < -0.4 is 11.3 Å². The molecule has 1 aliphatic rings. The van der Waals surface area contributed by atoms with Crippen molar-refractivity contribution in [3.05, 3.63) is 18.0 Å². The minimum absolute atomic E-state index is 0.0546. The molecule has 17 heavy (non-hydrogen) atoms. The molecule has 2 rings (SSSR count). The smallest absolute Gasteiger partial charge is 0.103 e. The summed E-state index contributed by atoms with van der Waals surface area (Å²) < 4.78 is 13.1. The molecule has 0 saturated carbocycles. The zero-order valence-corrected chi connectivity index (χ0v) is 10.1. The van der Waals surface area contributed by atoms with Gasteiger partial charge in [0.05, 0.1) is 31.6 Å². The van der Waals surface area contributed by atoms with Gasteiger partial charge in [0.15, 0.2) is 0 Å². The predicted octanol–water partition coefficient (Wildman–Crippen LogP) is 0.213. The van der Waals surface area contributed by atoms with E-state index in [1.54, 1.807) is 6.20 Å². The lowest BCUT2D eigenvalue weighted by Crippen LogP contribution is -2.44. The maximum Gasteiger partial charge on any atom is 0.103 e. The lowest BCUT2D eigenvalue weighted by atomic mass is 10.1. The summed E-state index contributed by atoms with van der Waals surface area (Å²) in [6, 6.07) is 1.89. The van der Waals surface area contributed by atoms with Crippen LogP contribution in [0.3, 0.4) is 0 Å². The number of hydrazine groups is 1. The van der Waals surface area contributed by atoms with Crippen molar-refractivity contribution in [1.82, 2.24) is 15.2 Å². The summed E-state index contributed by atoms with van der Waals surface area (Å²) in [4.78, 5) is 0. The maximum atomic E-state index is 5.68. The van der Waals surface area contributed by atoms with Crippen LogP contribution in [0.2, 0.25) is 0 Å². The molecule has 1 aromatic heterocycles. The van der Waals surface area contributed by atoms with Crippen LogP contribution in [-0.2, 0) is 16.0 Å².